The van der Waals surface area contributed by atoms with Crippen molar-refractivity contribution in [3.8, 4) is 0 Å². The Bertz CT molecular complexity index is 406. The van der Waals surface area contributed by atoms with E-state index in [9.17, 15) is 0 Å². The summed E-state index contributed by atoms with van der Waals surface area (Å²) in [4.78, 5) is 4.40. The van der Waals surface area contributed by atoms with Gasteiger partial charge < -0.3 is 5.32 Å². The minimum absolute atomic E-state index is 0.985. The van der Waals surface area contributed by atoms with Gasteiger partial charge in [-0.2, -0.15) is 0 Å². The molecule has 0 amide bonds. The lowest BCUT2D eigenvalue weighted by molar-refractivity contribution is 1.41. The van der Waals surface area contributed by atoms with Crippen molar-refractivity contribution < 1.29 is 0 Å². The molecule has 1 aromatic carbocycles. The summed E-state index contributed by atoms with van der Waals surface area (Å²) in [6.45, 7) is 2.11. The van der Waals surface area contributed by atoms with Crippen LogP contribution in [-0.2, 0) is 0 Å². The number of fused-ring (bicyclic) bond motifs is 1. The molecule has 2 rings (SSSR count). The van der Waals surface area contributed by atoms with Gasteiger partial charge in [0, 0.05) is 7.05 Å². The van der Waals surface area contributed by atoms with Gasteiger partial charge >= 0.3 is 0 Å². The van der Waals surface area contributed by atoms with E-state index < -0.39 is 0 Å². The molecule has 0 saturated carbocycles. The van der Waals surface area contributed by atoms with E-state index in [2.05, 4.69) is 23.3 Å². The largest absolute Gasteiger partial charge is 0.365 e. The SMILES string of the molecule is CNc1nc2cccc(C)c2s1. The van der Waals surface area contributed by atoms with E-state index in [-0.39, 0.29) is 0 Å². The average Bonchev–Trinajstić information content (AvgIpc) is 2.49. The van der Waals surface area contributed by atoms with Gasteiger partial charge in [-0.3, -0.25) is 0 Å². The fraction of sp³-hybridized carbons (Fsp3) is 0.222. The number of nitrogens with zero attached hydrogens (tertiary/aromatic N) is 1. The topological polar surface area (TPSA) is 24.9 Å². The molecule has 0 aliphatic carbocycles. The van der Waals surface area contributed by atoms with E-state index >= 15 is 0 Å². The smallest absolute Gasteiger partial charge is 0.183 e. The molecule has 1 aromatic heterocycles. The Morgan fingerprint density at radius 3 is 2.92 bits per heavy atom. The Labute approximate surface area is 75.3 Å². The summed E-state index contributed by atoms with van der Waals surface area (Å²) in [6.07, 6.45) is 0. The average molecular weight is 178 g/mol. The van der Waals surface area contributed by atoms with Crippen molar-refractivity contribution in [2.45, 2.75) is 6.92 Å². The number of aryl methyl sites for hydroxylation is 1. The molecule has 0 spiro atoms. The van der Waals surface area contributed by atoms with Gasteiger partial charge in [-0.15, -0.1) is 0 Å². The Kier molecular flexibility index (Phi) is 1.73. The molecule has 0 fully saturated rings. The molecule has 62 valence electrons. The maximum absolute atomic E-state index is 4.40. The molecule has 1 N–H and O–H groups in total. The number of nitrogens with one attached hydrogen (secondary N) is 1. The highest BCUT2D eigenvalue weighted by Crippen LogP contribution is 2.27. The van der Waals surface area contributed by atoms with E-state index in [1.807, 2.05) is 19.2 Å². The van der Waals surface area contributed by atoms with Crippen LogP contribution in [-0.4, -0.2) is 12.0 Å². The molecule has 0 atom stereocenters. The number of aromatic nitrogens is 1. The van der Waals surface area contributed by atoms with Crippen molar-refractivity contribution in [1.29, 1.82) is 0 Å². The minimum atomic E-state index is 0.985. The monoisotopic (exact) mass is 178 g/mol. The lowest BCUT2D eigenvalue weighted by Gasteiger charge is -1.89. The second-order valence-corrected chi connectivity index (χ2v) is 3.69. The summed E-state index contributed by atoms with van der Waals surface area (Å²) in [6, 6.07) is 6.19. The van der Waals surface area contributed by atoms with Crippen LogP contribution in [0, 0.1) is 6.92 Å². The highest BCUT2D eigenvalue weighted by atomic mass is 32.1. The minimum Gasteiger partial charge on any atom is -0.365 e. The lowest BCUT2D eigenvalue weighted by atomic mass is 10.2. The number of thiazole rings is 1. The van der Waals surface area contributed by atoms with Gasteiger partial charge in [-0.1, -0.05) is 23.5 Å². The first-order chi connectivity index (χ1) is 5.81. The first kappa shape index (κ1) is 7.55. The standard InChI is InChI=1S/C9H10N2S/c1-6-4-3-5-7-8(6)12-9(10-2)11-7/h3-5H,1-2H3,(H,10,11). The van der Waals surface area contributed by atoms with Crippen LogP contribution in [0.15, 0.2) is 18.2 Å². The third kappa shape index (κ3) is 1.06. The molecular weight excluding hydrogens is 168 g/mol. The molecule has 0 radical (unpaired) electrons. The highest BCUT2D eigenvalue weighted by Gasteiger charge is 2.02. The van der Waals surface area contributed by atoms with Crippen molar-refractivity contribution in [3.63, 3.8) is 0 Å². The van der Waals surface area contributed by atoms with Gasteiger partial charge in [0.1, 0.15) is 0 Å². The van der Waals surface area contributed by atoms with Gasteiger partial charge in [0.25, 0.3) is 0 Å². The van der Waals surface area contributed by atoms with Gasteiger partial charge in [0.05, 0.1) is 10.2 Å². The Hall–Kier alpha value is -1.09. The fourth-order valence-electron chi connectivity index (χ4n) is 1.19. The fourth-order valence-corrected chi connectivity index (χ4v) is 2.08. The van der Waals surface area contributed by atoms with Crippen LogP contribution in [0.25, 0.3) is 10.2 Å². The Morgan fingerprint density at radius 1 is 1.42 bits per heavy atom. The zero-order valence-electron chi connectivity index (χ0n) is 7.09. The molecule has 0 saturated heterocycles. The van der Waals surface area contributed by atoms with E-state index in [0.717, 1.165) is 10.6 Å². The maximum atomic E-state index is 4.40. The molecule has 0 unspecified atom stereocenters. The number of anilines is 1. The third-order valence-electron chi connectivity index (χ3n) is 1.83. The summed E-state index contributed by atoms with van der Waals surface area (Å²) < 4.78 is 1.28. The number of rotatable bonds is 1. The second kappa shape index (κ2) is 2.75. The van der Waals surface area contributed by atoms with Gasteiger partial charge in [-0.05, 0) is 18.6 Å². The summed E-state index contributed by atoms with van der Waals surface area (Å²) >= 11 is 1.70. The Balaban J connectivity index is 2.74. The quantitative estimate of drug-likeness (QED) is 0.726. The van der Waals surface area contributed by atoms with Crippen molar-refractivity contribution in [2.24, 2.45) is 0 Å². The van der Waals surface area contributed by atoms with Crippen LogP contribution in [0.3, 0.4) is 0 Å². The normalized spacial score (nSPS) is 10.5. The van der Waals surface area contributed by atoms with Crippen molar-refractivity contribution in [1.82, 2.24) is 4.98 Å². The number of benzene rings is 1. The molecule has 2 nitrogen and oxygen atoms in total. The van der Waals surface area contributed by atoms with Crippen molar-refractivity contribution >= 4 is 26.7 Å². The van der Waals surface area contributed by atoms with E-state index in [1.54, 1.807) is 11.3 Å². The molecule has 12 heavy (non-hydrogen) atoms. The molecule has 0 aliphatic heterocycles. The molecule has 0 aliphatic rings. The van der Waals surface area contributed by atoms with E-state index in [0.29, 0.717) is 0 Å². The maximum Gasteiger partial charge on any atom is 0.183 e. The number of hydrogen-bond acceptors (Lipinski definition) is 3. The van der Waals surface area contributed by atoms with Gasteiger partial charge in [0.15, 0.2) is 5.13 Å². The third-order valence-corrected chi connectivity index (χ3v) is 3.05. The van der Waals surface area contributed by atoms with Gasteiger partial charge in [-0.25, -0.2) is 4.98 Å². The molecular formula is C9H10N2S. The zero-order valence-corrected chi connectivity index (χ0v) is 7.90. The summed E-state index contributed by atoms with van der Waals surface area (Å²) in [5.74, 6) is 0. The Morgan fingerprint density at radius 2 is 2.25 bits per heavy atom. The zero-order chi connectivity index (χ0) is 8.55. The van der Waals surface area contributed by atoms with E-state index in [4.69, 9.17) is 0 Å². The van der Waals surface area contributed by atoms with Gasteiger partial charge in [0.2, 0.25) is 0 Å². The van der Waals surface area contributed by atoms with Crippen LogP contribution in [0.4, 0.5) is 5.13 Å². The van der Waals surface area contributed by atoms with Crippen LogP contribution in [0.1, 0.15) is 5.56 Å². The molecule has 3 heteroatoms. The highest BCUT2D eigenvalue weighted by molar-refractivity contribution is 7.22. The molecule has 2 aromatic rings. The van der Waals surface area contributed by atoms with Crippen LogP contribution in [0.2, 0.25) is 0 Å². The predicted octanol–water partition coefficient (Wildman–Crippen LogP) is 2.65. The summed E-state index contributed by atoms with van der Waals surface area (Å²) in [5, 5.41) is 4.04. The van der Waals surface area contributed by atoms with Crippen LogP contribution in [0.5, 0.6) is 0 Å². The van der Waals surface area contributed by atoms with Crippen LogP contribution >= 0.6 is 11.3 Å². The first-order valence-corrected chi connectivity index (χ1v) is 4.67. The number of hydrogen-bond donors (Lipinski definition) is 1. The van der Waals surface area contributed by atoms with E-state index in [1.165, 1.54) is 10.3 Å². The lowest BCUT2D eigenvalue weighted by Crippen LogP contribution is -1.83. The van der Waals surface area contributed by atoms with Crippen molar-refractivity contribution in [3.05, 3.63) is 23.8 Å². The van der Waals surface area contributed by atoms with Crippen LogP contribution < -0.4 is 5.32 Å². The summed E-state index contributed by atoms with van der Waals surface area (Å²) in [5.41, 5.74) is 2.39. The molecule has 0 bridgehead atoms. The first-order valence-electron chi connectivity index (χ1n) is 3.85. The van der Waals surface area contributed by atoms with Crippen molar-refractivity contribution in [2.75, 3.05) is 12.4 Å². The second-order valence-electron chi connectivity index (χ2n) is 2.69. The predicted molar refractivity (Wildman–Crippen MR) is 53.9 cm³/mol. The summed E-state index contributed by atoms with van der Waals surface area (Å²) in [7, 11) is 1.90. The molecule has 1 heterocycles.